The summed E-state index contributed by atoms with van der Waals surface area (Å²) in [4.78, 5) is 23.6. The molecule has 2 N–H and O–H groups in total. The second-order valence-corrected chi connectivity index (χ2v) is 4.15. The molecule has 2 amide bonds. The molecule has 0 heterocycles. The fourth-order valence-electron chi connectivity index (χ4n) is 0.927. The topological polar surface area (TPSA) is 69.6 Å². The molecule has 0 unspecified atom stereocenters. The first-order valence-electron chi connectivity index (χ1n) is 4.76. The van der Waals surface area contributed by atoms with Gasteiger partial charge in [-0.1, -0.05) is 6.92 Å². The van der Waals surface area contributed by atoms with Crippen LogP contribution in [-0.4, -0.2) is 53.6 Å². The Morgan fingerprint density at radius 2 is 2.13 bits per heavy atom. The van der Waals surface area contributed by atoms with Gasteiger partial charge in [0.25, 0.3) is 0 Å². The minimum absolute atomic E-state index is 0.335. The number of nitrogens with one attached hydrogen (secondary N) is 1. The lowest BCUT2D eigenvalue weighted by Gasteiger charge is -2.20. The molecule has 0 rings (SSSR count). The maximum absolute atomic E-state index is 11.5. The lowest BCUT2D eigenvalue weighted by molar-refractivity contribution is -0.139. The summed E-state index contributed by atoms with van der Waals surface area (Å²) in [6, 6.07) is -1.13. The van der Waals surface area contributed by atoms with Gasteiger partial charge in [-0.05, 0) is 12.7 Å². The van der Waals surface area contributed by atoms with Crippen LogP contribution < -0.4 is 5.32 Å². The van der Waals surface area contributed by atoms with Gasteiger partial charge >= 0.3 is 12.0 Å². The molecule has 88 valence electrons. The zero-order chi connectivity index (χ0) is 11.8. The molecule has 0 fully saturated rings. The number of amides is 2. The van der Waals surface area contributed by atoms with Crippen LogP contribution >= 0.6 is 11.8 Å². The van der Waals surface area contributed by atoms with Crippen LogP contribution in [0.5, 0.6) is 0 Å². The fraction of sp³-hybridized carbons (Fsp3) is 0.778. The van der Waals surface area contributed by atoms with Crippen molar-refractivity contribution in [3.8, 4) is 0 Å². The highest BCUT2D eigenvalue weighted by Gasteiger charge is 2.19. The summed E-state index contributed by atoms with van der Waals surface area (Å²) in [5, 5.41) is 11.2. The molecular formula is C9H18N2O3S. The Morgan fingerprint density at radius 1 is 1.53 bits per heavy atom. The average Bonchev–Trinajstić information content (AvgIpc) is 2.21. The summed E-state index contributed by atoms with van der Waals surface area (Å²) in [5.41, 5.74) is 0. The third-order valence-corrected chi connectivity index (χ3v) is 2.57. The summed E-state index contributed by atoms with van der Waals surface area (Å²) in [6.45, 7) is 2.34. The maximum Gasteiger partial charge on any atom is 0.326 e. The molecule has 15 heavy (non-hydrogen) atoms. The number of urea groups is 1. The van der Waals surface area contributed by atoms with Crippen LogP contribution in [0.3, 0.4) is 0 Å². The third-order valence-electron chi connectivity index (χ3n) is 1.98. The Morgan fingerprint density at radius 3 is 2.53 bits per heavy atom. The van der Waals surface area contributed by atoms with Gasteiger partial charge in [-0.3, -0.25) is 0 Å². The Hall–Kier alpha value is -0.910. The molecule has 0 aliphatic heterocycles. The van der Waals surface area contributed by atoms with Gasteiger partial charge in [-0.15, -0.1) is 0 Å². The fourth-order valence-corrected chi connectivity index (χ4v) is 1.38. The molecule has 0 saturated heterocycles. The van der Waals surface area contributed by atoms with Gasteiger partial charge in [-0.25, -0.2) is 9.59 Å². The molecular weight excluding hydrogens is 216 g/mol. The average molecular weight is 234 g/mol. The molecule has 6 heteroatoms. The number of carbonyl (C=O) groups excluding carboxylic acids is 1. The number of carboxylic acid groups (broad SMARTS) is 1. The number of hydrogen-bond acceptors (Lipinski definition) is 3. The molecule has 0 aliphatic carbocycles. The van der Waals surface area contributed by atoms with Crippen LogP contribution in [0, 0.1) is 0 Å². The Labute approximate surface area is 94.2 Å². The minimum atomic E-state index is -0.996. The van der Waals surface area contributed by atoms with Crippen LogP contribution in [0.4, 0.5) is 4.79 Å². The van der Waals surface area contributed by atoms with Crippen molar-refractivity contribution in [2.75, 3.05) is 25.6 Å². The van der Waals surface area contributed by atoms with E-state index in [1.807, 2.05) is 6.26 Å². The first-order valence-corrected chi connectivity index (χ1v) is 6.15. The highest BCUT2D eigenvalue weighted by atomic mass is 32.2. The zero-order valence-electron chi connectivity index (χ0n) is 9.32. The molecule has 0 aliphatic rings. The van der Waals surface area contributed by atoms with E-state index in [0.29, 0.717) is 13.0 Å². The first kappa shape index (κ1) is 14.1. The van der Waals surface area contributed by atoms with Gasteiger partial charge in [0.1, 0.15) is 6.04 Å². The maximum atomic E-state index is 11.5. The molecule has 0 radical (unpaired) electrons. The first-order chi connectivity index (χ1) is 7.02. The van der Waals surface area contributed by atoms with Crippen molar-refractivity contribution in [2.24, 2.45) is 0 Å². The number of rotatable bonds is 6. The van der Waals surface area contributed by atoms with Crippen molar-refractivity contribution >= 4 is 23.8 Å². The lowest BCUT2D eigenvalue weighted by Crippen LogP contribution is -2.46. The summed E-state index contributed by atoms with van der Waals surface area (Å²) in [6.07, 6.45) is 2.34. The van der Waals surface area contributed by atoms with E-state index in [2.05, 4.69) is 5.32 Å². The normalized spacial score (nSPS) is 11.9. The monoisotopic (exact) mass is 234 g/mol. The second kappa shape index (κ2) is 7.39. The minimum Gasteiger partial charge on any atom is -0.480 e. The molecule has 5 nitrogen and oxygen atoms in total. The van der Waals surface area contributed by atoms with Crippen LogP contribution in [0.1, 0.15) is 13.3 Å². The smallest absolute Gasteiger partial charge is 0.326 e. The predicted molar refractivity (Wildman–Crippen MR) is 61.3 cm³/mol. The van der Waals surface area contributed by atoms with E-state index >= 15 is 0 Å². The quantitative estimate of drug-likeness (QED) is 0.715. The van der Waals surface area contributed by atoms with E-state index < -0.39 is 12.0 Å². The molecule has 0 saturated carbocycles. The van der Waals surface area contributed by atoms with Crippen molar-refractivity contribution in [1.29, 1.82) is 0 Å². The van der Waals surface area contributed by atoms with Crippen LogP contribution in [0.2, 0.25) is 0 Å². The Balaban J connectivity index is 4.04. The van der Waals surface area contributed by atoms with E-state index in [9.17, 15) is 9.59 Å². The van der Waals surface area contributed by atoms with Crippen molar-refractivity contribution in [1.82, 2.24) is 10.2 Å². The van der Waals surface area contributed by atoms with Crippen molar-refractivity contribution in [3.63, 3.8) is 0 Å². The van der Waals surface area contributed by atoms with E-state index in [1.165, 1.54) is 4.90 Å². The highest BCUT2D eigenvalue weighted by molar-refractivity contribution is 7.98. The number of hydrogen-bond donors (Lipinski definition) is 2. The Kier molecular flexibility index (Phi) is 6.94. The van der Waals surface area contributed by atoms with Crippen molar-refractivity contribution in [3.05, 3.63) is 0 Å². The highest BCUT2D eigenvalue weighted by Crippen LogP contribution is 1.96. The molecule has 0 spiro atoms. The largest absolute Gasteiger partial charge is 0.480 e. The molecule has 1 atom stereocenters. The molecule has 0 aromatic heterocycles. The van der Waals surface area contributed by atoms with Gasteiger partial charge in [0.15, 0.2) is 0 Å². The van der Waals surface area contributed by atoms with Crippen molar-refractivity contribution in [2.45, 2.75) is 19.4 Å². The van der Waals surface area contributed by atoms with E-state index in [4.69, 9.17) is 5.11 Å². The van der Waals surface area contributed by atoms with E-state index in [1.54, 1.807) is 25.7 Å². The van der Waals surface area contributed by atoms with Gasteiger partial charge < -0.3 is 15.3 Å². The number of nitrogens with zero attached hydrogens (tertiary/aromatic N) is 1. The molecule has 0 bridgehead atoms. The van der Waals surface area contributed by atoms with Crippen LogP contribution in [0.15, 0.2) is 0 Å². The molecule has 0 aromatic carbocycles. The molecule has 0 aromatic rings. The van der Waals surface area contributed by atoms with Gasteiger partial charge in [0, 0.05) is 19.3 Å². The van der Waals surface area contributed by atoms with Crippen LogP contribution in [-0.2, 0) is 4.79 Å². The zero-order valence-corrected chi connectivity index (χ0v) is 10.1. The summed E-state index contributed by atoms with van der Waals surface area (Å²) >= 11 is 1.64. The van der Waals surface area contributed by atoms with Gasteiger partial charge in [0.05, 0.1) is 0 Å². The van der Waals surface area contributed by atoms with Crippen LogP contribution in [0.25, 0.3) is 0 Å². The SMILES string of the molecule is CC[C@H](NC(=O)N(C)CCSC)C(=O)O. The standard InChI is InChI=1S/C9H18N2O3S/c1-4-7(8(12)13)10-9(14)11(2)5-6-15-3/h7H,4-6H2,1-3H3,(H,10,14)(H,12,13)/t7-/m0/s1. The number of carbonyl (C=O) groups is 2. The number of thioether (sulfide) groups is 1. The van der Waals surface area contributed by atoms with Gasteiger partial charge in [0.2, 0.25) is 0 Å². The second-order valence-electron chi connectivity index (χ2n) is 3.16. The summed E-state index contributed by atoms with van der Waals surface area (Å²) in [7, 11) is 1.65. The third kappa shape index (κ3) is 5.51. The summed E-state index contributed by atoms with van der Waals surface area (Å²) in [5.74, 6) is -0.155. The van der Waals surface area contributed by atoms with E-state index in [0.717, 1.165) is 5.75 Å². The number of aliphatic carboxylic acids is 1. The lowest BCUT2D eigenvalue weighted by atomic mass is 10.2. The van der Waals surface area contributed by atoms with Gasteiger partial charge in [-0.2, -0.15) is 11.8 Å². The van der Waals surface area contributed by atoms with Crippen molar-refractivity contribution < 1.29 is 14.7 Å². The predicted octanol–water partition coefficient (Wildman–Crippen LogP) is 0.854. The van der Waals surface area contributed by atoms with E-state index in [-0.39, 0.29) is 6.03 Å². The number of carboxylic acids is 1. The summed E-state index contributed by atoms with van der Waals surface area (Å²) < 4.78 is 0. The Bertz CT molecular complexity index is 223.